The van der Waals surface area contributed by atoms with E-state index in [9.17, 15) is 8.42 Å². The Bertz CT molecular complexity index is 1170. The van der Waals surface area contributed by atoms with E-state index in [0.29, 0.717) is 25.4 Å². The van der Waals surface area contributed by atoms with Crippen molar-refractivity contribution in [1.82, 2.24) is 8.87 Å². The molecule has 0 amide bonds. The van der Waals surface area contributed by atoms with Crippen LogP contribution in [0.3, 0.4) is 0 Å². The maximum Gasteiger partial charge on any atom is 0.243 e. The lowest BCUT2D eigenvalue weighted by Crippen LogP contribution is -2.30. The third-order valence-corrected chi connectivity index (χ3v) is 7.47. The number of benzene rings is 2. The fourth-order valence-electron chi connectivity index (χ4n) is 3.73. The molecule has 0 radical (unpaired) electrons. The van der Waals surface area contributed by atoms with Crippen molar-refractivity contribution in [1.29, 1.82) is 0 Å². The lowest BCUT2D eigenvalue weighted by molar-refractivity contribution is 0.340. The highest BCUT2D eigenvalue weighted by molar-refractivity contribution is 7.89. The summed E-state index contributed by atoms with van der Waals surface area (Å²) in [6, 6.07) is 16.8. The van der Waals surface area contributed by atoms with E-state index in [1.165, 1.54) is 4.31 Å². The first-order valence-corrected chi connectivity index (χ1v) is 12.3. The van der Waals surface area contributed by atoms with Crippen LogP contribution in [0.15, 0.2) is 64.5 Å². The summed E-state index contributed by atoms with van der Waals surface area (Å²) < 4.78 is 34.4. The first-order chi connectivity index (χ1) is 15.3. The average molecular weight is 454 g/mol. The van der Waals surface area contributed by atoms with E-state index in [1.54, 1.807) is 24.3 Å². The van der Waals surface area contributed by atoms with Crippen LogP contribution in [0.25, 0.3) is 5.69 Å². The molecule has 0 N–H and O–H groups in total. The van der Waals surface area contributed by atoms with Gasteiger partial charge in [0.25, 0.3) is 0 Å². The predicted molar refractivity (Wildman–Crippen MR) is 130 cm³/mol. The van der Waals surface area contributed by atoms with Gasteiger partial charge in [-0.05, 0) is 75.4 Å². The highest BCUT2D eigenvalue weighted by Crippen LogP contribution is 2.24. The summed E-state index contributed by atoms with van der Waals surface area (Å²) in [4.78, 5) is 4.85. The van der Waals surface area contributed by atoms with Crippen LogP contribution in [0.4, 0.5) is 5.69 Å². The first kappa shape index (κ1) is 23.8. The molecule has 6 nitrogen and oxygen atoms in total. The quantitative estimate of drug-likeness (QED) is 0.414. The first-order valence-electron chi connectivity index (χ1n) is 10.9. The molecule has 32 heavy (non-hydrogen) atoms. The van der Waals surface area contributed by atoms with Crippen molar-refractivity contribution in [3.63, 3.8) is 0 Å². The molecule has 0 aliphatic heterocycles. The van der Waals surface area contributed by atoms with Crippen molar-refractivity contribution in [3.05, 3.63) is 71.5 Å². The predicted octanol–water partition coefficient (Wildman–Crippen LogP) is 5.27. The summed E-state index contributed by atoms with van der Waals surface area (Å²) in [6.45, 7) is 11.3. The molecule has 1 aromatic heterocycles. The van der Waals surface area contributed by atoms with Crippen LogP contribution in [0.2, 0.25) is 0 Å². The van der Waals surface area contributed by atoms with E-state index in [1.807, 2.05) is 51.3 Å². The molecule has 0 unspecified atom stereocenters. The van der Waals surface area contributed by atoms with Crippen molar-refractivity contribution in [2.24, 2.45) is 4.99 Å². The Morgan fingerprint density at radius 1 is 0.969 bits per heavy atom. The zero-order valence-corrected chi connectivity index (χ0v) is 20.2. The summed E-state index contributed by atoms with van der Waals surface area (Å²) in [5.41, 5.74) is 4.96. The molecule has 7 heteroatoms. The molecule has 0 aliphatic rings. The topological polar surface area (TPSA) is 63.9 Å². The van der Waals surface area contributed by atoms with Gasteiger partial charge in [0.1, 0.15) is 5.75 Å². The van der Waals surface area contributed by atoms with E-state index in [0.717, 1.165) is 28.4 Å². The minimum Gasteiger partial charge on any atom is -0.494 e. The van der Waals surface area contributed by atoms with Gasteiger partial charge in [0, 0.05) is 41.9 Å². The number of sulfonamides is 1. The standard InChI is InChI=1S/C25H31N3O3S/c1-6-27(7-2)32(29,30)25-15-9-22(10-16-25)26-18-21-17-19(4)28(20(21)5)23-11-13-24(14-12-23)31-8-3/h9-18H,6-8H2,1-5H3. The highest BCUT2D eigenvalue weighted by atomic mass is 32.2. The van der Waals surface area contributed by atoms with Gasteiger partial charge in [-0.25, -0.2) is 8.42 Å². The van der Waals surface area contributed by atoms with Gasteiger partial charge in [-0.2, -0.15) is 4.31 Å². The van der Waals surface area contributed by atoms with Gasteiger partial charge in [0.15, 0.2) is 0 Å². The number of nitrogens with zero attached hydrogens (tertiary/aromatic N) is 3. The Labute approximate surface area is 191 Å². The molecular formula is C25H31N3O3S. The van der Waals surface area contributed by atoms with Crippen LogP contribution in [-0.2, 0) is 10.0 Å². The van der Waals surface area contributed by atoms with Crippen molar-refractivity contribution < 1.29 is 13.2 Å². The lowest BCUT2D eigenvalue weighted by Gasteiger charge is -2.18. The number of rotatable bonds is 9. The highest BCUT2D eigenvalue weighted by Gasteiger charge is 2.21. The maximum absolute atomic E-state index is 12.6. The minimum absolute atomic E-state index is 0.286. The van der Waals surface area contributed by atoms with Gasteiger partial charge in [0.05, 0.1) is 17.2 Å². The van der Waals surface area contributed by atoms with Gasteiger partial charge in [-0.3, -0.25) is 4.99 Å². The van der Waals surface area contributed by atoms with E-state index >= 15 is 0 Å². The zero-order chi connectivity index (χ0) is 23.3. The second-order valence-electron chi connectivity index (χ2n) is 7.43. The van der Waals surface area contributed by atoms with Crippen LogP contribution in [0, 0.1) is 13.8 Å². The average Bonchev–Trinajstić information content (AvgIpc) is 3.07. The summed E-state index contributed by atoms with van der Waals surface area (Å²) in [5.74, 6) is 0.854. The van der Waals surface area contributed by atoms with Crippen molar-refractivity contribution in [2.75, 3.05) is 19.7 Å². The van der Waals surface area contributed by atoms with Crippen molar-refractivity contribution in [3.8, 4) is 11.4 Å². The second kappa shape index (κ2) is 10.1. The zero-order valence-electron chi connectivity index (χ0n) is 19.4. The Hall–Kier alpha value is -2.90. The molecule has 0 saturated carbocycles. The van der Waals surface area contributed by atoms with Gasteiger partial charge >= 0.3 is 0 Å². The molecule has 3 rings (SSSR count). The molecule has 2 aromatic carbocycles. The SMILES string of the molecule is CCOc1ccc(-n2c(C)cc(C=Nc3ccc(S(=O)(=O)N(CC)CC)cc3)c2C)cc1. The van der Waals surface area contributed by atoms with E-state index < -0.39 is 10.0 Å². The molecule has 0 bridgehead atoms. The largest absolute Gasteiger partial charge is 0.494 e. The normalized spacial score (nSPS) is 12.1. The fraction of sp³-hybridized carbons (Fsp3) is 0.320. The molecule has 0 atom stereocenters. The Kier molecular flexibility index (Phi) is 7.53. The number of aromatic nitrogens is 1. The maximum atomic E-state index is 12.6. The number of hydrogen-bond donors (Lipinski definition) is 0. The van der Waals surface area contributed by atoms with Crippen LogP contribution >= 0.6 is 0 Å². The van der Waals surface area contributed by atoms with Gasteiger partial charge < -0.3 is 9.30 Å². The van der Waals surface area contributed by atoms with Gasteiger partial charge in [0.2, 0.25) is 10.0 Å². The summed E-state index contributed by atoms with van der Waals surface area (Å²) in [7, 11) is -3.46. The number of aliphatic imine (C=N–C) groups is 1. The van der Waals surface area contributed by atoms with Gasteiger partial charge in [-0.1, -0.05) is 13.8 Å². The monoisotopic (exact) mass is 453 g/mol. The minimum atomic E-state index is -3.46. The number of aryl methyl sites for hydroxylation is 1. The summed E-state index contributed by atoms with van der Waals surface area (Å²) in [6.07, 6.45) is 1.82. The summed E-state index contributed by atoms with van der Waals surface area (Å²) >= 11 is 0. The van der Waals surface area contributed by atoms with Crippen LogP contribution in [0.5, 0.6) is 5.75 Å². The second-order valence-corrected chi connectivity index (χ2v) is 9.37. The van der Waals surface area contributed by atoms with E-state index in [4.69, 9.17) is 4.74 Å². The van der Waals surface area contributed by atoms with Crippen LogP contribution in [0.1, 0.15) is 37.7 Å². The van der Waals surface area contributed by atoms with Gasteiger partial charge in [-0.15, -0.1) is 0 Å². The molecule has 1 heterocycles. The van der Waals surface area contributed by atoms with Crippen molar-refractivity contribution in [2.45, 2.75) is 39.5 Å². The molecule has 0 saturated heterocycles. The molecule has 170 valence electrons. The Morgan fingerprint density at radius 3 is 2.16 bits per heavy atom. The van der Waals surface area contributed by atoms with Crippen LogP contribution < -0.4 is 4.74 Å². The number of ether oxygens (including phenoxy) is 1. The lowest BCUT2D eigenvalue weighted by atomic mass is 10.2. The Morgan fingerprint density at radius 2 is 1.59 bits per heavy atom. The molecule has 0 aliphatic carbocycles. The fourth-order valence-corrected chi connectivity index (χ4v) is 5.19. The third-order valence-electron chi connectivity index (χ3n) is 5.41. The summed E-state index contributed by atoms with van der Waals surface area (Å²) in [5, 5.41) is 0. The molecule has 3 aromatic rings. The van der Waals surface area contributed by atoms with Crippen LogP contribution in [-0.4, -0.2) is 43.2 Å². The number of hydrogen-bond acceptors (Lipinski definition) is 4. The molecule has 0 fully saturated rings. The third kappa shape index (κ3) is 4.95. The molecular weight excluding hydrogens is 422 g/mol. The van der Waals surface area contributed by atoms with E-state index in [2.05, 4.69) is 29.5 Å². The Balaban J connectivity index is 1.82. The van der Waals surface area contributed by atoms with Crippen molar-refractivity contribution >= 4 is 21.9 Å². The smallest absolute Gasteiger partial charge is 0.243 e. The molecule has 0 spiro atoms. The van der Waals surface area contributed by atoms with E-state index in [-0.39, 0.29) is 4.90 Å².